The zero-order chi connectivity index (χ0) is 11.5. The zero-order valence-electron chi connectivity index (χ0n) is 9.07. The summed E-state index contributed by atoms with van der Waals surface area (Å²) >= 11 is 0. The number of methoxy groups -OCH3 is 1. The molecule has 0 heterocycles. The molecule has 2 rings (SSSR count). The molecule has 82 valence electrons. The maximum Gasteiger partial charge on any atom is 0.337 e. The molecule has 3 heteroatoms. The first kappa shape index (κ1) is 10.6. The van der Waals surface area contributed by atoms with Crippen LogP contribution in [0.4, 0.5) is 0 Å². The molecule has 0 aliphatic heterocycles. The molecule has 0 amide bonds. The van der Waals surface area contributed by atoms with Gasteiger partial charge in [-0.25, -0.2) is 4.79 Å². The van der Waals surface area contributed by atoms with E-state index >= 15 is 0 Å². The van der Waals surface area contributed by atoms with Crippen molar-refractivity contribution in [2.45, 2.75) is 6.54 Å². The monoisotopic (exact) mass is 215 g/mol. The standard InChI is InChI=1S/C13H13NO2/c1-16-13(15)10-5-6-12-9(7-10)3-2-4-11(12)8-14/h2-7H,8,14H2,1H3. The summed E-state index contributed by atoms with van der Waals surface area (Å²) in [7, 11) is 1.38. The smallest absolute Gasteiger partial charge is 0.337 e. The summed E-state index contributed by atoms with van der Waals surface area (Å²) in [5.41, 5.74) is 7.29. The lowest BCUT2D eigenvalue weighted by Gasteiger charge is -2.05. The number of ether oxygens (including phenoxy) is 1. The van der Waals surface area contributed by atoms with E-state index in [1.54, 1.807) is 6.07 Å². The molecule has 3 nitrogen and oxygen atoms in total. The van der Waals surface area contributed by atoms with Gasteiger partial charge in [-0.3, -0.25) is 0 Å². The van der Waals surface area contributed by atoms with E-state index in [1.807, 2.05) is 30.3 Å². The van der Waals surface area contributed by atoms with Crippen LogP contribution < -0.4 is 5.73 Å². The lowest BCUT2D eigenvalue weighted by Crippen LogP contribution is -2.01. The number of hydrogen-bond acceptors (Lipinski definition) is 3. The van der Waals surface area contributed by atoms with E-state index in [2.05, 4.69) is 4.74 Å². The fourth-order valence-corrected chi connectivity index (χ4v) is 1.77. The van der Waals surface area contributed by atoms with E-state index in [0.29, 0.717) is 12.1 Å². The highest BCUT2D eigenvalue weighted by atomic mass is 16.5. The quantitative estimate of drug-likeness (QED) is 0.780. The van der Waals surface area contributed by atoms with Crippen molar-refractivity contribution in [3.05, 3.63) is 47.5 Å². The largest absolute Gasteiger partial charge is 0.465 e. The highest BCUT2D eigenvalue weighted by Crippen LogP contribution is 2.20. The van der Waals surface area contributed by atoms with Crippen molar-refractivity contribution in [1.29, 1.82) is 0 Å². The Labute approximate surface area is 93.8 Å². The van der Waals surface area contributed by atoms with Crippen LogP contribution in [0.3, 0.4) is 0 Å². The number of benzene rings is 2. The Hall–Kier alpha value is -1.87. The van der Waals surface area contributed by atoms with Gasteiger partial charge in [0.25, 0.3) is 0 Å². The zero-order valence-corrected chi connectivity index (χ0v) is 9.07. The molecule has 2 aromatic carbocycles. The average Bonchev–Trinajstić information content (AvgIpc) is 2.36. The van der Waals surface area contributed by atoms with Crippen molar-refractivity contribution in [2.24, 2.45) is 5.73 Å². The summed E-state index contributed by atoms with van der Waals surface area (Å²) in [6.07, 6.45) is 0. The fourth-order valence-electron chi connectivity index (χ4n) is 1.77. The predicted octanol–water partition coefficient (Wildman–Crippen LogP) is 2.09. The molecule has 0 saturated heterocycles. The van der Waals surface area contributed by atoms with Crippen LogP contribution in [0.15, 0.2) is 36.4 Å². The minimum absolute atomic E-state index is 0.319. The second-order valence-electron chi connectivity index (χ2n) is 3.55. The third-order valence-corrected chi connectivity index (χ3v) is 2.61. The molecule has 0 bridgehead atoms. The van der Waals surface area contributed by atoms with Gasteiger partial charge < -0.3 is 10.5 Å². The van der Waals surface area contributed by atoms with E-state index in [4.69, 9.17) is 5.73 Å². The summed E-state index contributed by atoms with van der Waals surface area (Å²) in [5, 5.41) is 2.09. The van der Waals surface area contributed by atoms with E-state index < -0.39 is 0 Å². The number of nitrogens with two attached hydrogens (primary N) is 1. The number of esters is 1. The van der Waals surface area contributed by atoms with E-state index in [9.17, 15) is 4.79 Å². The van der Waals surface area contributed by atoms with Gasteiger partial charge in [0.2, 0.25) is 0 Å². The molecule has 0 aliphatic rings. The van der Waals surface area contributed by atoms with Gasteiger partial charge in [0.05, 0.1) is 12.7 Å². The Kier molecular flexibility index (Phi) is 2.88. The van der Waals surface area contributed by atoms with Gasteiger partial charge in [-0.2, -0.15) is 0 Å². The van der Waals surface area contributed by atoms with Crippen LogP contribution in [0.5, 0.6) is 0 Å². The second kappa shape index (κ2) is 4.33. The Morgan fingerprint density at radius 3 is 2.81 bits per heavy atom. The van der Waals surface area contributed by atoms with Crippen LogP contribution in [0.1, 0.15) is 15.9 Å². The average molecular weight is 215 g/mol. The number of carbonyl (C=O) groups is 1. The van der Waals surface area contributed by atoms with Crippen molar-refractivity contribution >= 4 is 16.7 Å². The van der Waals surface area contributed by atoms with Crippen LogP contribution in [-0.4, -0.2) is 13.1 Å². The van der Waals surface area contributed by atoms with Crippen LogP contribution in [-0.2, 0) is 11.3 Å². The maximum absolute atomic E-state index is 11.4. The summed E-state index contributed by atoms with van der Waals surface area (Å²) in [6, 6.07) is 11.4. The van der Waals surface area contributed by atoms with Gasteiger partial charge in [0.1, 0.15) is 0 Å². The Morgan fingerprint density at radius 2 is 2.12 bits per heavy atom. The lowest BCUT2D eigenvalue weighted by atomic mass is 10.0. The van der Waals surface area contributed by atoms with Gasteiger partial charge >= 0.3 is 5.97 Å². The molecule has 16 heavy (non-hydrogen) atoms. The Morgan fingerprint density at radius 1 is 1.31 bits per heavy atom. The van der Waals surface area contributed by atoms with Crippen LogP contribution >= 0.6 is 0 Å². The van der Waals surface area contributed by atoms with Gasteiger partial charge in [0.15, 0.2) is 0 Å². The number of hydrogen-bond donors (Lipinski definition) is 1. The topological polar surface area (TPSA) is 52.3 Å². The van der Waals surface area contributed by atoms with E-state index in [1.165, 1.54) is 7.11 Å². The minimum Gasteiger partial charge on any atom is -0.465 e. The Bertz CT molecular complexity index is 534. The highest BCUT2D eigenvalue weighted by molar-refractivity contribution is 5.96. The summed E-state index contributed by atoms with van der Waals surface area (Å²) in [6.45, 7) is 0.495. The van der Waals surface area contributed by atoms with Gasteiger partial charge in [-0.05, 0) is 28.5 Å². The molecular weight excluding hydrogens is 202 g/mol. The highest BCUT2D eigenvalue weighted by Gasteiger charge is 2.06. The van der Waals surface area contributed by atoms with E-state index in [-0.39, 0.29) is 5.97 Å². The molecule has 0 atom stereocenters. The predicted molar refractivity (Wildman–Crippen MR) is 63.2 cm³/mol. The normalized spacial score (nSPS) is 10.4. The molecule has 0 aliphatic carbocycles. The van der Waals surface area contributed by atoms with Crippen molar-refractivity contribution in [2.75, 3.05) is 7.11 Å². The summed E-state index contributed by atoms with van der Waals surface area (Å²) in [5.74, 6) is -0.319. The third kappa shape index (κ3) is 1.77. The number of fused-ring (bicyclic) bond motifs is 1. The lowest BCUT2D eigenvalue weighted by molar-refractivity contribution is 0.0601. The van der Waals surface area contributed by atoms with Gasteiger partial charge in [-0.1, -0.05) is 24.3 Å². The van der Waals surface area contributed by atoms with Gasteiger partial charge in [-0.15, -0.1) is 0 Å². The van der Waals surface area contributed by atoms with Crippen molar-refractivity contribution in [3.8, 4) is 0 Å². The molecule has 0 saturated carbocycles. The van der Waals surface area contributed by atoms with Crippen LogP contribution in [0.2, 0.25) is 0 Å². The fraction of sp³-hybridized carbons (Fsp3) is 0.154. The SMILES string of the molecule is COC(=O)c1ccc2c(CN)cccc2c1. The summed E-state index contributed by atoms with van der Waals surface area (Å²) in [4.78, 5) is 11.4. The van der Waals surface area contributed by atoms with E-state index in [0.717, 1.165) is 16.3 Å². The first-order chi connectivity index (χ1) is 7.76. The minimum atomic E-state index is -0.319. The molecule has 2 N–H and O–H groups in total. The first-order valence-electron chi connectivity index (χ1n) is 5.06. The van der Waals surface area contributed by atoms with Crippen molar-refractivity contribution in [1.82, 2.24) is 0 Å². The molecule has 2 aromatic rings. The molecule has 0 unspecified atom stereocenters. The maximum atomic E-state index is 11.4. The molecule has 0 aromatic heterocycles. The van der Waals surface area contributed by atoms with Crippen molar-refractivity contribution < 1.29 is 9.53 Å². The molecule has 0 spiro atoms. The van der Waals surface area contributed by atoms with Crippen LogP contribution in [0.25, 0.3) is 10.8 Å². The van der Waals surface area contributed by atoms with Crippen molar-refractivity contribution in [3.63, 3.8) is 0 Å². The molecule has 0 fully saturated rings. The molecular formula is C13H13NO2. The molecule has 0 radical (unpaired) electrons. The second-order valence-corrected chi connectivity index (χ2v) is 3.55. The number of carbonyl (C=O) groups excluding carboxylic acids is 1. The Balaban J connectivity index is 2.59. The summed E-state index contributed by atoms with van der Waals surface area (Å²) < 4.78 is 4.68. The number of rotatable bonds is 2. The van der Waals surface area contributed by atoms with Crippen LogP contribution in [0, 0.1) is 0 Å². The third-order valence-electron chi connectivity index (χ3n) is 2.61. The van der Waals surface area contributed by atoms with Gasteiger partial charge in [0, 0.05) is 6.54 Å². The first-order valence-corrected chi connectivity index (χ1v) is 5.06.